The smallest absolute Gasteiger partial charge is 0.340 e. The third kappa shape index (κ3) is 2.76. The van der Waals surface area contributed by atoms with Crippen molar-refractivity contribution in [3.63, 3.8) is 0 Å². The molecule has 0 aromatic heterocycles. The van der Waals surface area contributed by atoms with E-state index in [9.17, 15) is 14.3 Å². The molecular weight excluding hydrogens is 283 g/mol. The molecule has 3 rings (SSSR count). The van der Waals surface area contributed by atoms with E-state index in [0.29, 0.717) is 10.9 Å². The Morgan fingerprint density at radius 1 is 1.05 bits per heavy atom. The summed E-state index contributed by atoms with van der Waals surface area (Å²) in [6.07, 6.45) is 0. The molecule has 0 amide bonds. The van der Waals surface area contributed by atoms with Crippen molar-refractivity contribution in [3.05, 3.63) is 77.6 Å². The highest BCUT2D eigenvalue weighted by atomic mass is 19.1. The van der Waals surface area contributed by atoms with Crippen LogP contribution in [0.2, 0.25) is 0 Å². The Balaban J connectivity index is 1.96. The highest BCUT2D eigenvalue weighted by Crippen LogP contribution is 2.28. The second-order valence-corrected chi connectivity index (χ2v) is 4.88. The summed E-state index contributed by atoms with van der Waals surface area (Å²) in [6, 6.07) is 16.7. The van der Waals surface area contributed by atoms with Crippen molar-refractivity contribution < 1.29 is 19.0 Å². The number of fused-ring (bicyclic) bond motifs is 1. The molecule has 1 N–H and O–H groups in total. The maximum Gasteiger partial charge on any atom is 0.340 e. The summed E-state index contributed by atoms with van der Waals surface area (Å²) in [6.45, 7) is 0.108. The van der Waals surface area contributed by atoms with E-state index in [4.69, 9.17) is 4.74 Å². The molecule has 0 aliphatic carbocycles. The molecule has 0 bridgehead atoms. The number of hydrogen-bond donors (Lipinski definition) is 1. The first kappa shape index (κ1) is 14.1. The monoisotopic (exact) mass is 296 g/mol. The second-order valence-electron chi connectivity index (χ2n) is 4.88. The van der Waals surface area contributed by atoms with E-state index >= 15 is 0 Å². The van der Waals surface area contributed by atoms with E-state index in [-0.39, 0.29) is 23.7 Å². The van der Waals surface area contributed by atoms with E-state index in [1.54, 1.807) is 30.3 Å². The molecule has 0 saturated heterocycles. The van der Waals surface area contributed by atoms with Crippen LogP contribution in [0.25, 0.3) is 10.8 Å². The van der Waals surface area contributed by atoms with Crippen molar-refractivity contribution in [2.75, 3.05) is 0 Å². The number of carboxylic acids is 1. The molecule has 3 aromatic rings. The van der Waals surface area contributed by atoms with Crippen molar-refractivity contribution in [1.29, 1.82) is 0 Å². The van der Waals surface area contributed by atoms with Gasteiger partial charge in [0.25, 0.3) is 0 Å². The minimum absolute atomic E-state index is 0.108. The third-order valence-electron chi connectivity index (χ3n) is 3.39. The standard InChI is InChI=1S/C18H13FO3/c19-14-6-3-4-12(10-14)11-22-16-9-8-13-5-1-2-7-15(13)17(16)18(20)21/h1-10H,11H2,(H,20,21). The molecule has 0 aliphatic heterocycles. The number of benzene rings is 3. The van der Waals surface area contributed by atoms with Gasteiger partial charge in [0.1, 0.15) is 23.7 Å². The third-order valence-corrected chi connectivity index (χ3v) is 3.39. The van der Waals surface area contributed by atoms with Gasteiger partial charge in [0, 0.05) is 0 Å². The number of carbonyl (C=O) groups is 1. The summed E-state index contributed by atoms with van der Waals surface area (Å²) < 4.78 is 18.8. The van der Waals surface area contributed by atoms with E-state index < -0.39 is 5.97 Å². The largest absolute Gasteiger partial charge is 0.488 e. The van der Waals surface area contributed by atoms with Gasteiger partial charge < -0.3 is 9.84 Å². The molecule has 3 nitrogen and oxygen atoms in total. The van der Waals surface area contributed by atoms with Crippen LogP contribution in [0, 0.1) is 5.82 Å². The lowest BCUT2D eigenvalue weighted by atomic mass is 10.0. The Bertz CT molecular complexity index is 843. The predicted molar refractivity (Wildman–Crippen MR) is 81.6 cm³/mol. The lowest BCUT2D eigenvalue weighted by molar-refractivity contribution is 0.0694. The molecule has 0 atom stereocenters. The van der Waals surface area contributed by atoms with Crippen LogP contribution in [0.15, 0.2) is 60.7 Å². The number of ether oxygens (including phenoxy) is 1. The average molecular weight is 296 g/mol. The first-order valence-corrected chi connectivity index (χ1v) is 6.77. The molecule has 0 radical (unpaired) electrons. The van der Waals surface area contributed by atoms with Crippen molar-refractivity contribution in [1.82, 2.24) is 0 Å². The molecule has 0 unspecified atom stereocenters. The highest BCUT2D eigenvalue weighted by Gasteiger charge is 2.15. The van der Waals surface area contributed by atoms with Crippen LogP contribution in [-0.4, -0.2) is 11.1 Å². The maximum atomic E-state index is 13.2. The van der Waals surface area contributed by atoms with Gasteiger partial charge in [-0.25, -0.2) is 9.18 Å². The SMILES string of the molecule is O=C(O)c1c(OCc2cccc(F)c2)ccc2ccccc12. The molecule has 4 heteroatoms. The van der Waals surface area contributed by atoms with Gasteiger partial charge in [0.15, 0.2) is 0 Å². The molecule has 22 heavy (non-hydrogen) atoms. The molecule has 0 saturated carbocycles. The Morgan fingerprint density at radius 2 is 1.86 bits per heavy atom. The van der Waals surface area contributed by atoms with Gasteiger partial charge in [-0.15, -0.1) is 0 Å². The molecule has 110 valence electrons. The van der Waals surface area contributed by atoms with Gasteiger partial charge in [-0.05, 0) is 34.5 Å². The van der Waals surface area contributed by atoms with Gasteiger partial charge in [-0.3, -0.25) is 0 Å². The molecular formula is C18H13FO3. The van der Waals surface area contributed by atoms with Crippen LogP contribution in [0.4, 0.5) is 4.39 Å². The highest BCUT2D eigenvalue weighted by molar-refractivity contribution is 6.06. The van der Waals surface area contributed by atoms with Crippen molar-refractivity contribution >= 4 is 16.7 Å². The van der Waals surface area contributed by atoms with E-state index in [0.717, 1.165) is 5.39 Å². The Kier molecular flexibility index (Phi) is 3.74. The second kappa shape index (κ2) is 5.85. The van der Waals surface area contributed by atoms with Crippen molar-refractivity contribution in [2.45, 2.75) is 6.61 Å². The summed E-state index contributed by atoms with van der Waals surface area (Å²) >= 11 is 0. The summed E-state index contributed by atoms with van der Waals surface area (Å²) in [4.78, 5) is 11.6. The molecule has 3 aromatic carbocycles. The Hall–Kier alpha value is -2.88. The summed E-state index contributed by atoms with van der Waals surface area (Å²) in [5.41, 5.74) is 0.763. The Morgan fingerprint density at radius 3 is 2.64 bits per heavy atom. The number of halogens is 1. The van der Waals surface area contributed by atoms with Gasteiger partial charge in [0.2, 0.25) is 0 Å². The zero-order valence-corrected chi connectivity index (χ0v) is 11.6. The van der Waals surface area contributed by atoms with Gasteiger partial charge in [-0.2, -0.15) is 0 Å². The number of carboxylic acid groups (broad SMARTS) is 1. The first-order valence-electron chi connectivity index (χ1n) is 6.77. The van der Waals surface area contributed by atoms with Crippen molar-refractivity contribution in [2.24, 2.45) is 0 Å². The number of hydrogen-bond acceptors (Lipinski definition) is 2. The summed E-state index contributed by atoms with van der Waals surface area (Å²) in [7, 11) is 0. The van der Waals surface area contributed by atoms with Crippen LogP contribution in [0.3, 0.4) is 0 Å². The van der Waals surface area contributed by atoms with Crippen molar-refractivity contribution in [3.8, 4) is 5.75 Å². The van der Waals surface area contributed by atoms with E-state index in [1.807, 2.05) is 18.2 Å². The van der Waals surface area contributed by atoms with Gasteiger partial charge in [-0.1, -0.05) is 42.5 Å². The fourth-order valence-corrected chi connectivity index (χ4v) is 2.38. The minimum Gasteiger partial charge on any atom is -0.488 e. The topological polar surface area (TPSA) is 46.5 Å². The van der Waals surface area contributed by atoms with Crippen LogP contribution >= 0.6 is 0 Å². The summed E-state index contributed by atoms with van der Waals surface area (Å²) in [5.74, 6) is -1.13. The zero-order chi connectivity index (χ0) is 15.5. The number of aromatic carboxylic acids is 1. The molecule has 0 spiro atoms. The zero-order valence-electron chi connectivity index (χ0n) is 11.6. The average Bonchev–Trinajstić information content (AvgIpc) is 2.52. The van der Waals surface area contributed by atoms with E-state index in [1.165, 1.54) is 12.1 Å². The quantitative estimate of drug-likeness (QED) is 0.782. The lowest BCUT2D eigenvalue weighted by Crippen LogP contribution is -2.04. The molecule has 0 fully saturated rings. The fourth-order valence-electron chi connectivity index (χ4n) is 2.38. The van der Waals surface area contributed by atoms with Crippen LogP contribution in [0.5, 0.6) is 5.75 Å². The minimum atomic E-state index is -1.05. The predicted octanol–water partition coefficient (Wildman–Crippen LogP) is 4.26. The van der Waals surface area contributed by atoms with Crippen LogP contribution in [0.1, 0.15) is 15.9 Å². The summed E-state index contributed by atoms with van der Waals surface area (Å²) in [5, 5.41) is 10.9. The van der Waals surface area contributed by atoms with Crippen LogP contribution < -0.4 is 4.74 Å². The van der Waals surface area contributed by atoms with Crippen LogP contribution in [-0.2, 0) is 6.61 Å². The number of rotatable bonds is 4. The van der Waals surface area contributed by atoms with Gasteiger partial charge in [0.05, 0.1) is 0 Å². The molecule has 0 aliphatic rings. The molecule has 0 heterocycles. The fraction of sp³-hybridized carbons (Fsp3) is 0.0556. The normalized spacial score (nSPS) is 10.6. The lowest BCUT2D eigenvalue weighted by Gasteiger charge is -2.11. The van der Waals surface area contributed by atoms with Gasteiger partial charge >= 0.3 is 5.97 Å². The maximum absolute atomic E-state index is 13.2. The first-order chi connectivity index (χ1) is 10.6. The Labute approximate surface area is 126 Å². The van der Waals surface area contributed by atoms with E-state index in [2.05, 4.69) is 0 Å².